The highest BCUT2D eigenvalue weighted by atomic mass is 19.1. The summed E-state index contributed by atoms with van der Waals surface area (Å²) in [6.07, 6.45) is 3.76. The van der Waals surface area contributed by atoms with E-state index in [0.717, 1.165) is 19.5 Å². The van der Waals surface area contributed by atoms with Crippen LogP contribution in [0.15, 0.2) is 18.2 Å². The molecule has 0 aromatic heterocycles. The van der Waals surface area contributed by atoms with Gasteiger partial charge in [0.2, 0.25) is 0 Å². The first kappa shape index (κ1) is 17.2. The van der Waals surface area contributed by atoms with Crippen LogP contribution in [0.2, 0.25) is 0 Å². The van der Waals surface area contributed by atoms with Gasteiger partial charge in [-0.2, -0.15) is 0 Å². The summed E-state index contributed by atoms with van der Waals surface area (Å²) in [5, 5.41) is 10.9. The summed E-state index contributed by atoms with van der Waals surface area (Å²) in [7, 11) is 1.46. The van der Waals surface area contributed by atoms with E-state index in [-0.39, 0.29) is 18.0 Å². The third-order valence-electron chi connectivity index (χ3n) is 4.95. The number of amides is 1. The lowest BCUT2D eigenvalue weighted by Crippen LogP contribution is -2.55. The van der Waals surface area contributed by atoms with Crippen molar-refractivity contribution in [3.8, 4) is 5.75 Å². The number of halogens is 1. The second-order valence-electron chi connectivity index (χ2n) is 6.88. The maximum absolute atomic E-state index is 13.6. The Bertz CT molecular complexity index is 604. The lowest BCUT2D eigenvalue weighted by Gasteiger charge is -2.41. The Kier molecular flexibility index (Phi) is 5.06. The third kappa shape index (κ3) is 3.70. The number of aliphatic hydroxyl groups is 1. The number of piperidine rings is 1. The quantitative estimate of drug-likeness (QED) is 0.912. The molecule has 1 N–H and O–H groups in total. The van der Waals surface area contributed by atoms with Crippen LogP contribution in [0.3, 0.4) is 0 Å². The number of carbonyl (C=O) groups is 1. The summed E-state index contributed by atoms with van der Waals surface area (Å²) < 4.78 is 18.7. The van der Waals surface area contributed by atoms with Gasteiger partial charge in [-0.3, -0.25) is 4.79 Å². The van der Waals surface area contributed by atoms with E-state index in [0.29, 0.717) is 25.3 Å². The van der Waals surface area contributed by atoms with E-state index in [1.54, 1.807) is 4.90 Å². The van der Waals surface area contributed by atoms with Crippen LogP contribution >= 0.6 is 0 Å². The van der Waals surface area contributed by atoms with Gasteiger partial charge in [-0.1, -0.05) is 0 Å². The van der Waals surface area contributed by atoms with Crippen molar-refractivity contribution in [2.75, 3.05) is 39.8 Å². The van der Waals surface area contributed by atoms with Crippen LogP contribution < -0.4 is 4.74 Å². The topological polar surface area (TPSA) is 53.0 Å². The van der Waals surface area contributed by atoms with E-state index < -0.39 is 11.4 Å². The normalized spacial score (nSPS) is 25.0. The zero-order valence-electron chi connectivity index (χ0n) is 14.1. The zero-order chi connectivity index (χ0) is 17.2. The highest BCUT2D eigenvalue weighted by Gasteiger charge is 2.38. The molecule has 0 saturated carbocycles. The number of β-amino-alcohol motifs (C(OH)–C–C–N with tert-alkyl or cyclic N) is 1. The molecule has 6 heteroatoms. The maximum atomic E-state index is 13.6. The molecule has 2 saturated heterocycles. The van der Waals surface area contributed by atoms with Gasteiger partial charge in [0, 0.05) is 13.1 Å². The second kappa shape index (κ2) is 7.07. The van der Waals surface area contributed by atoms with Gasteiger partial charge in [0.1, 0.15) is 11.6 Å². The molecular weight excluding hydrogens is 311 g/mol. The average molecular weight is 336 g/mol. The van der Waals surface area contributed by atoms with Gasteiger partial charge in [-0.05, 0) is 57.0 Å². The predicted molar refractivity (Wildman–Crippen MR) is 88.7 cm³/mol. The molecule has 0 radical (unpaired) electrons. The predicted octanol–water partition coefficient (Wildman–Crippen LogP) is 1.90. The SMILES string of the molecule is COc1ccc(F)cc1C(=O)N1CCC[C@](O)(CN2CCCC2)C1. The molecule has 5 nitrogen and oxygen atoms in total. The lowest BCUT2D eigenvalue weighted by molar-refractivity contribution is -0.0431. The first-order chi connectivity index (χ1) is 11.5. The van der Waals surface area contributed by atoms with E-state index in [2.05, 4.69) is 4.90 Å². The van der Waals surface area contributed by atoms with Crippen molar-refractivity contribution in [2.45, 2.75) is 31.3 Å². The smallest absolute Gasteiger partial charge is 0.257 e. The van der Waals surface area contributed by atoms with Crippen LogP contribution in [-0.4, -0.2) is 66.2 Å². The maximum Gasteiger partial charge on any atom is 0.257 e. The minimum absolute atomic E-state index is 0.211. The van der Waals surface area contributed by atoms with Crippen LogP contribution in [0.4, 0.5) is 4.39 Å². The van der Waals surface area contributed by atoms with Crippen molar-refractivity contribution in [1.29, 1.82) is 0 Å². The molecule has 2 heterocycles. The second-order valence-corrected chi connectivity index (χ2v) is 6.88. The van der Waals surface area contributed by atoms with Crippen LogP contribution in [0.1, 0.15) is 36.0 Å². The Balaban J connectivity index is 1.74. The van der Waals surface area contributed by atoms with E-state index >= 15 is 0 Å². The third-order valence-corrected chi connectivity index (χ3v) is 4.95. The standard InChI is InChI=1S/C18H25FN2O3/c1-24-16-6-5-14(19)11-15(16)17(22)21-10-4-7-18(23,13-21)12-20-8-2-3-9-20/h5-6,11,23H,2-4,7-10,12-13H2,1H3/t18-/m0/s1. The molecule has 132 valence electrons. The van der Waals surface area contributed by atoms with Crippen molar-refractivity contribution in [2.24, 2.45) is 0 Å². The summed E-state index contributed by atoms with van der Waals surface area (Å²) in [5.41, 5.74) is -0.679. The minimum atomic E-state index is -0.890. The summed E-state index contributed by atoms with van der Waals surface area (Å²) in [4.78, 5) is 16.7. The minimum Gasteiger partial charge on any atom is -0.496 e. The molecule has 3 rings (SSSR count). The summed E-state index contributed by atoms with van der Waals surface area (Å²) >= 11 is 0. The van der Waals surface area contributed by atoms with Crippen LogP contribution in [0.5, 0.6) is 5.75 Å². The molecule has 1 aromatic carbocycles. The molecule has 1 aromatic rings. The molecule has 0 aliphatic carbocycles. The number of likely N-dealkylation sites (tertiary alicyclic amines) is 2. The summed E-state index contributed by atoms with van der Waals surface area (Å²) in [6, 6.07) is 3.94. The molecule has 0 spiro atoms. The molecule has 0 unspecified atom stereocenters. The summed E-state index contributed by atoms with van der Waals surface area (Å²) in [6.45, 7) is 3.46. The van der Waals surface area contributed by atoms with Gasteiger partial charge in [0.05, 0.1) is 24.8 Å². The fourth-order valence-corrected chi connectivity index (χ4v) is 3.79. The highest BCUT2D eigenvalue weighted by molar-refractivity contribution is 5.97. The number of hydrogen-bond donors (Lipinski definition) is 1. The monoisotopic (exact) mass is 336 g/mol. The van der Waals surface area contributed by atoms with Gasteiger partial charge in [-0.25, -0.2) is 4.39 Å². The van der Waals surface area contributed by atoms with Crippen molar-refractivity contribution in [1.82, 2.24) is 9.80 Å². The summed E-state index contributed by atoms with van der Waals surface area (Å²) in [5.74, 6) is -0.399. The van der Waals surface area contributed by atoms with Gasteiger partial charge in [-0.15, -0.1) is 0 Å². The molecule has 2 aliphatic rings. The lowest BCUT2D eigenvalue weighted by atomic mass is 9.91. The average Bonchev–Trinajstić information content (AvgIpc) is 3.06. The number of methoxy groups -OCH3 is 1. The first-order valence-corrected chi connectivity index (χ1v) is 8.58. The van der Waals surface area contributed by atoms with Gasteiger partial charge in [0.25, 0.3) is 5.91 Å². The number of ether oxygens (including phenoxy) is 1. The Morgan fingerprint density at radius 2 is 2.04 bits per heavy atom. The fourth-order valence-electron chi connectivity index (χ4n) is 3.79. The number of hydrogen-bond acceptors (Lipinski definition) is 4. The number of nitrogens with zero attached hydrogens (tertiary/aromatic N) is 2. The van der Waals surface area contributed by atoms with Crippen LogP contribution in [0, 0.1) is 5.82 Å². The number of benzene rings is 1. The molecule has 24 heavy (non-hydrogen) atoms. The molecule has 1 amide bonds. The molecule has 0 bridgehead atoms. The van der Waals surface area contributed by atoms with Gasteiger partial charge in [0.15, 0.2) is 0 Å². The number of rotatable bonds is 4. The van der Waals surface area contributed by atoms with Crippen LogP contribution in [-0.2, 0) is 0 Å². The Morgan fingerprint density at radius 3 is 2.75 bits per heavy atom. The van der Waals surface area contributed by atoms with Gasteiger partial charge >= 0.3 is 0 Å². The van der Waals surface area contributed by atoms with Crippen molar-refractivity contribution in [3.05, 3.63) is 29.6 Å². The van der Waals surface area contributed by atoms with Crippen molar-refractivity contribution < 1.29 is 19.0 Å². The first-order valence-electron chi connectivity index (χ1n) is 8.58. The van der Waals surface area contributed by atoms with Crippen molar-refractivity contribution in [3.63, 3.8) is 0 Å². The van der Waals surface area contributed by atoms with Gasteiger partial charge < -0.3 is 19.6 Å². The molecule has 1 atom stereocenters. The van der Waals surface area contributed by atoms with Crippen molar-refractivity contribution >= 4 is 5.91 Å². The fraction of sp³-hybridized carbons (Fsp3) is 0.611. The molecule has 2 fully saturated rings. The van der Waals surface area contributed by atoms with E-state index in [4.69, 9.17) is 4.74 Å². The Morgan fingerprint density at radius 1 is 1.29 bits per heavy atom. The highest BCUT2D eigenvalue weighted by Crippen LogP contribution is 2.27. The van der Waals surface area contributed by atoms with E-state index in [1.807, 2.05) is 0 Å². The molecule has 2 aliphatic heterocycles. The largest absolute Gasteiger partial charge is 0.496 e. The van der Waals surface area contributed by atoms with Crippen LogP contribution in [0.25, 0.3) is 0 Å². The molecular formula is C18H25FN2O3. The Labute approximate surface area is 142 Å². The number of carbonyl (C=O) groups excluding carboxylic acids is 1. The van der Waals surface area contributed by atoms with E-state index in [1.165, 1.54) is 38.2 Å². The Hall–Kier alpha value is -1.66. The van der Waals surface area contributed by atoms with E-state index in [9.17, 15) is 14.3 Å². The zero-order valence-corrected chi connectivity index (χ0v) is 14.1.